The summed E-state index contributed by atoms with van der Waals surface area (Å²) in [6, 6.07) is 0. The van der Waals surface area contributed by atoms with Crippen molar-refractivity contribution in [3.05, 3.63) is 0 Å². The van der Waals surface area contributed by atoms with Crippen LogP contribution in [0.15, 0.2) is 0 Å². The Labute approximate surface area is 248 Å². The summed E-state index contributed by atoms with van der Waals surface area (Å²) in [5.74, 6) is 4.79. The van der Waals surface area contributed by atoms with E-state index in [1.165, 1.54) is 173 Å². The Morgan fingerprint density at radius 3 is 0.825 bits per heavy atom. The molecule has 4 heteroatoms. The van der Waals surface area contributed by atoms with Crippen LogP contribution in [-0.4, -0.2) is 25.6 Å². The van der Waals surface area contributed by atoms with Crippen LogP contribution < -0.4 is 0 Å². The highest BCUT2D eigenvalue weighted by Crippen LogP contribution is 2.44. The van der Waals surface area contributed by atoms with E-state index >= 15 is 0 Å². The lowest BCUT2D eigenvalue weighted by molar-refractivity contribution is -0.0742. The van der Waals surface area contributed by atoms with Crippen molar-refractivity contribution in [1.82, 2.24) is 0 Å². The summed E-state index contributed by atoms with van der Waals surface area (Å²) in [4.78, 5) is 0. The molecule has 0 saturated heterocycles. The molecule has 40 heavy (non-hydrogen) atoms. The zero-order valence-electron chi connectivity index (χ0n) is 26.1. The van der Waals surface area contributed by atoms with Crippen LogP contribution in [0.2, 0.25) is 0 Å². The minimum atomic E-state index is -0.433. The van der Waals surface area contributed by atoms with Gasteiger partial charge in [0.25, 0.3) is 0 Å². The molecule has 0 aromatic rings. The maximum atomic E-state index is 7.19. The van der Waals surface area contributed by atoms with Crippen LogP contribution in [0.25, 0.3) is 0 Å². The Morgan fingerprint density at radius 2 is 0.525 bits per heavy atom. The predicted molar refractivity (Wildman–Crippen MR) is 166 cm³/mol. The van der Waals surface area contributed by atoms with Gasteiger partial charge in [0, 0.05) is 18.3 Å². The summed E-state index contributed by atoms with van der Waals surface area (Å²) >= 11 is 0. The first kappa shape index (κ1) is 30.0. The highest BCUT2D eigenvalue weighted by molar-refractivity contribution is 6.36. The van der Waals surface area contributed by atoms with Gasteiger partial charge >= 0.3 is 7.32 Å². The molecule has 0 bridgehead atoms. The minimum absolute atomic E-state index is 0.343. The van der Waals surface area contributed by atoms with Gasteiger partial charge in [-0.05, 0) is 74.0 Å². The van der Waals surface area contributed by atoms with Crippen LogP contribution in [0, 0.1) is 35.5 Å². The molecule has 3 nitrogen and oxygen atoms in total. The normalized spacial score (nSPS) is 37.8. The van der Waals surface area contributed by atoms with E-state index in [0.717, 1.165) is 35.5 Å². The molecule has 0 radical (unpaired) electrons. The summed E-state index contributed by atoms with van der Waals surface area (Å²) < 4.78 is 21.6. The summed E-state index contributed by atoms with van der Waals surface area (Å²) in [6.07, 6.45) is 38.4. The molecule has 0 aromatic heterocycles. The van der Waals surface area contributed by atoms with Crippen molar-refractivity contribution in [3.63, 3.8) is 0 Å². The molecule has 6 rings (SSSR count). The first-order valence-corrected chi connectivity index (χ1v) is 18.8. The molecule has 6 aliphatic rings. The average molecular weight is 555 g/mol. The van der Waals surface area contributed by atoms with Crippen LogP contribution in [0.3, 0.4) is 0 Å². The monoisotopic (exact) mass is 554 g/mol. The summed E-state index contributed by atoms with van der Waals surface area (Å²) in [5, 5.41) is 0. The molecule has 0 aliphatic heterocycles. The third-order valence-electron chi connectivity index (χ3n) is 12.9. The predicted octanol–water partition coefficient (Wildman–Crippen LogP) is 10.4. The maximum Gasteiger partial charge on any atom is 0.640 e. The lowest BCUT2D eigenvalue weighted by Gasteiger charge is -2.44. The number of rotatable bonds is 9. The summed E-state index contributed by atoms with van der Waals surface area (Å²) in [6.45, 7) is 0. The molecule has 0 N–H and O–H groups in total. The molecule has 6 saturated carbocycles. The van der Waals surface area contributed by atoms with Gasteiger partial charge in [0.05, 0.1) is 0 Å². The SMILES string of the molecule is C1CCC([C@H]2CCCC[C@H]2OB(O[C@H]2CCCC[C@H]2C2CCCCC2)O[C@H]2CCCC[C@H]2C2CCCCC2)CC1. The quantitative estimate of drug-likeness (QED) is 0.265. The summed E-state index contributed by atoms with van der Waals surface area (Å²) in [7, 11) is -0.433. The molecule has 0 heterocycles. The number of hydrogen-bond donors (Lipinski definition) is 0. The van der Waals surface area contributed by atoms with E-state index < -0.39 is 7.32 Å². The largest absolute Gasteiger partial charge is 0.640 e. The van der Waals surface area contributed by atoms with E-state index in [1.807, 2.05) is 0 Å². The Hall–Kier alpha value is -0.0551. The second-order valence-corrected chi connectivity index (χ2v) is 15.4. The molecule has 6 atom stereocenters. The van der Waals surface area contributed by atoms with Gasteiger partial charge in [-0.3, -0.25) is 0 Å². The third-order valence-corrected chi connectivity index (χ3v) is 12.9. The van der Waals surface area contributed by atoms with Crippen LogP contribution >= 0.6 is 0 Å². The van der Waals surface area contributed by atoms with E-state index in [9.17, 15) is 0 Å². The Morgan fingerprint density at radius 1 is 0.275 bits per heavy atom. The first-order chi connectivity index (χ1) is 19.8. The topological polar surface area (TPSA) is 27.7 Å². The van der Waals surface area contributed by atoms with Gasteiger partial charge in [-0.25, -0.2) is 0 Å². The third kappa shape index (κ3) is 7.90. The molecule has 6 aliphatic carbocycles. The van der Waals surface area contributed by atoms with Gasteiger partial charge in [-0.1, -0.05) is 135 Å². The smallest absolute Gasteiger partial charge is 0.383 e. The van der Waals surface area contributed by atoms with Crippen molar-refractivity contribution >= 4 is 7.32 Å². The second kappa shape index (κ2) is 15.6. The van der Waals surface area contributed by atoms with Crippen molar-refractivity contribution in [3.8, 4) is 0 Å². The van der Waals surface area contributed by atoms with Gasteiger partial charge in [0.1, 0.15) is 0 Å². The molecule has 0 unspecified atom stereocenters. The highest BCUT2D eigenvalue weighted by Gasteiger charge is 2.44. The number of hydrogen-bond acceptors (Lipinski definition) is 3. The highest BCUT2D eigenvalue weighted by atomic mass is 16.7. The van der Waals surface area contributed by atoms with Gasteiger partial charge in [-0.15, -0.1) is 0 Å². The van der Waals surface area contributed by atoms with Crippen LogP contribution in [0.1, 0.15) is 173 Å². The maximum absolute atomic E-state index is 7.19. The van der Waals surface area contributed by atoms with E-state index in [-0.39, 0.29) is 0 Å². The molecular formula is C36H63BO3. The molecule has 0 spiro atoms. The van der Waals surface area contributed by atoms with Crippen molar-refractivity contribution in [1.29, 1.82) is 0 Å². The van der Waals surface area contributed by atoms with E-state index in [2.05, 4.69) is 0 Å². The van der Waals surface area contributed by atoms with Crippen LogP contribution in [0.4, 0.5) is 0 Å². The lowest BCUT2D eigenvalue weighted by Crippen LogP contribution is -2.48. The van der Waals surface area contributed by atoms with Gasteiger partial charge in [0.2, 0.25) is 0 Å². The van der Waals surface area contributed by atoms with E-state index in [4.69, 9.17) is 14.0 Å². The Balaban J connectivity index is 1.18. The van der Waals surface area contributed by atoms with Gasteiger partial charge in [-0.2, -0.15) is 0 Å². The fourth-order valence-electron chi connectivity index (χ4n) is 10.7. The molecule has 0 amide bonds. The van der Waals surface area contributed by atoms with Gasteiger partial charge < -0.3 is 14.0 Å². The van der Waals surface area contributed by atoms with Crippen molar-refractivity contribution in [2.75, 3.05) is 0 Å². The van der Waals surface area contributed by atoms with E-state index in [0.29, 0.717) is 18.3 Å². The lowest BCUT2D eigenvalue weighted by atomic mass is 9.71. The zero-order chi connectivity index (χ0) is 27.0. The summed E-state index contributed by atoms with van der Waals surface area (Å²) in [5.41, 5.74) is 0. The van der Waals surface area contributed by atoms with Crippen molar-refractivity contribution < 1.29 is 14.0 Å². The average Bonchev–Trinajstić information content (AvgIpc) is 3.03. The first-order valence-electron chi connectivity index (χ1n) is 18.8. The molecule has 6 fully saturated rings. The van der Waals surface area contributed by atoms with Crippen LogP contribution in [-0.2, 0) is 14.0 Å². The fourth-order valence-corrected chi connectivity index (χ4v) is 10.7. The van der Waals surface area contributed by atoms with Gasteiger partial charge in [0.15, 0.2) is 0 Å². The molecule has 0 aromatic carbocycles. The van der Waals surface area contributed by atoms with Crippen LogP contribution in [0.5, 0.6) is 0 Å². The van der Waals surface area contributed by atoms with Crippen molar-refractivity contribution in [2.45, 2.75) is 192 Å². The zero-order valence-corrected chi connectivity index (χ0v) is 26.1. The Kier molecular flexibility index (Phi) is 11.7. The Bertz CT molecular complexity index is 618. The fraction of sp³-hybridized carbons (Fsp3) is 1.00. The molecule has 228 valence electrons. The van der Waals surface area contributed by atoms with E-state index in [1.54, 1.807) is 0 Å². The molecular weight excluding hydrogens is 491 g/mol. The minimum Gasteiger partial charge on any atom is -0.383 e. The van der Waals surface area contributed by atoms with Crippen molar-refractivity contribution in [2.24, 2.45) is 35.5 Å². The standard InChI is InChI=1S/C36H63BO3/c1-4-16-28(17-5-1)31-22-10-13-25-34(31)38-37(39-35-26-14-11-23-32(35)29-18-6-2-7-19-29)40-36-27-15-12-24-33(36)30-20-8-3-9-21-30/h28-36H,1-27H2/t31-,32-,33+,34-,35-,36+/m0/s1. The second-order valence-electron chi connectivity index (χ2n) is 15.4.